The number of rotatable bonds is 4. The average Bonchev–Trinajstić information content (AvgIpc) is 2.23. The molecular formula is C11H19NO. The second kappa shape index (κ2) is 9.23. The SMILES string of the molecule is CC.CNCOCc1ccccc1. The van der Waals surface area contributed by atoms with Gasteiger partial charge in [0.1, 0.15) is 0 Å². The van der Waals surface area contributed by atoms with E-state index in [2.05, 4.69) is 17.4 Å². The number of ether oxygens (including phenoxy) is 1. The molecular weight excluding hydrogens is 162 g/mol. The topological polar surface area (TPSA) is 21.3 Å². The van der Waals surface area contributed by atoms with Gasteiger partial charge in [-0.15, -0.1) is 0 Å². The van der Waals surface area contributed by atoms with Crippen LogP contribution < -0.4 is 5.32 Å². The molecule has 0 spiro atoms. The Kier molecular flexibility index (Phi) is 8.62. The summed E-state index contributed by atoms with van der Waals surface area (Å²) in [4.78, 5) is 0. The smallest absolute Gasteiger partial charge is 0.0967 e. The average molecular weight is 181 g/mol. The molecule has 0 aromatic heterocycles. The maximum absolute atomic E-state index is 5.26. The number of nitrogens with one attached hydrogen (secondary N) is 1. The van der Waals surface area contributed by atoms with E-state index in [-0.39, 0.29) is 0 Å². The van der Waals surface area contributed by atoms with Crippen molar-refractivity contribution in [3.8, 4) is 0 Å². The van der Waals surface area contributed by atoms with Crippen LogP contribution in [0.25, 0.3) is 0 Å². The van der Waals surface area contributed by atoms with Crippen molar-refractivity contribution in [3.05, 3.63) is 35.9 Å². The lowest BCUT2D eigenvalue weighted by atomic mass is 10.2. The third-order valence-electron chi connectivity index (χ3n) is 1.36. The standard InChI is InChI=1S/C9H13NO.C2H6/c1-10-8-11-7-9-5-3-2-4-6-9;1-2/h2-6,10H,7-8H2,1H3;1-2H3. The molecule has 0 aliphatic carbocycles. The minimum atomic E-state index is 0.606. The zero-order valence-corrected chi connectivity index (χ0v) is 8.71. The summed E-state index contributed by atoms with van der Waals surface area (Å²) in [5.41, 5.74) is 1.21. The van der Waals surface area contributed by atoms with Gasteiger partial charge in [-0.05, 0) is 12.6 Å². The largest absolute Gasteiger partial charge is 0.362 e. The first-order valence-corrected chi connectivity index (χ1v) is 4.70. The molecule has 1 N–H and O–H groups in total. The third-order valence-corrected chi connectivity index (χ3v) is 1.36. The quantitative estimate of drug-likeness (QED) is 0.569. The molecule has 13 heavy (non-hydrogen) atoms. The van der Waals surface area contributed by atoms with Crippen molar-refractivity contribution in [2.24, 2.45) is 0 Å². The highest BCUT2D eigenvalue weighted by Gasteiger charge is 1.88. The van der Waals surface area contributed by atoms with E-state index in [1.807, 2.05) is 39.1 Å². The van der Waals surface area contributed by atoms with Gasteiger partial charge in [-0.1, -0.05) is 44.2 Å². The fourth-order valence-corrected chi connectivity index (χ4v) is 0.845. The van der Waals surface area contributed by atoms with Crippen LogP contribution >= 0.6 is 0 Å². The molecule has 0 aliphatic rings. The van der Waals surface area contributed by atoms with Crippen molar-refractivity contribution in [1.82, 2.24) is 5.32 Å². The van der Waals surface area contributed by atoms with E-state index in [0.717, 1.165) is 0 Å². The van der Waals surface area contributed by atoms with Gasteiger partial charge in [0, 0.05) is 0 Å². The molecule has 0 unspecified atom stereocenters. The summed E-state index contributed by atoms with van der Waals surface area (Å²) in [5.74, 6) is 0. The monoisotopic (exact) mass is 181 g/mol. The van der Waals surface area contributed by atoms with Crippen LogP contribution in [0.5, 0.6) is 0 Å². The van der Waals surface area contributed by atoms with Gasteiger partial charge >= 0.3 is 0 Å². The van der Waals surface area contributed by atoms with E-state index in [4.69, 9.17) is 4.74 Å². The van der Waals surface area contributed by atoms with Crippen LogP contribution in [-0.4, -0.2) is 13.8 Å². The second-order valence-corrected chi connectivity index (χ2v) is 2.33. The summed E-state index contributed by atoms with van der Waals surface area (Å²) in [6.45, 7) is 5.29. The highest BCUT2D eigenvalue weighted by molar-refractivity contribution is 5.13. The number of hydrogen-bond donors (Lipinski definition) is 1. The van der Waals surface area contributed by atoms with Crippen molar-refractivity contribution < 1.29 is 4.74 Å². The minimum Gasteiger partial charge on any atom is -0.362 e. The van der Waals surface area contributed by atoms with Gasteiger partial charge in [-0.2, -0.15) is 0 Å². The Bertz CT molecular complexity index is 187. The molecule has 1 rings (SSSR count). The summed E-state index contributed by atoms with van der Waals surface area (Å²) in [6.07, 6.45) is 0. The molecule has 0 heterocycles. The molecule has 0 saturated heterocycles. The molecule has 1 aromatic carbocycles. The van der Waals surface area contributed by atoms with Crippen LogP contribution in [0.15, 0.2) is 30.3 Å². The van der Waals surface area contributed by atoms with Crippen molar-refractivity contribution in [3.63, 3.8) is 0 Å². The highest BCUT2D eigenvalue weighted by Crippen LogP contribution is 1.98. The Morgan fingerprint density at radius 2 is 1.77 bits per heavy atom. The second-order valence-electron chi connectivity index (χ2n) is 2.33. The number of hydrogen-bond acceptors (Lipinski definition) is 2. The molecule has 2 nitrogen and oxygen atoms in total. The predicted octanol–water partition coefficient (Wildman–Crippen LogP) is 2.41. The van der Waals surface area contributed by atoms with Crippen LogP contribution in [0.1, 0.15) is 19.4 Å². The fourth-order valence-electron chi connectivity index (χ4n) is 0.845. The fraction of sp³-hybridized carbons (Fsp3) is 0.455. The van der Waals surface area contributed by atoms with Crippen LogP contribution in [0.3, 0.4) is 0 Å². The number of benzene rings is 1. The Balaban J connectivity index is 0.000000671. The lowest BCUT2D eigenvalue weighted by Gasteiger charge is -2.01. The molecule has 0 fully saturated rings. The Labute approximate surface area is 80.9 Å². The van der Waals surface area contributed by atoms with Crippen LogP contribution in [0.4, 0.5) is 0 Å². The zero-order chi connectivity index (χ0) is 9.94. The first kappa shape index (κ1) is 12.1. The Hall–Kier alpha value is -0.860. The molecule has 0 bridgehead atoms. The van der Waals surface area contributed by atoms with Gasteiger partial charge in [0.2, 0.25) is 0 Å². The van der Waals surface area contributed by atoms with Gasteiger partial charge in [0.05, 0.1) is 13.3 Å². The molecule has 0 amide bonds. The summed E-state index contributed by atoms with van der Waals surface area (Å²) in [6, 6.07) is 10.1. The van der Waals surface area contributed by atoms with Crippen molar-refractivity contribution in [1.29, 1.82) is 0 Å². The van der Waals surface area contributed by atoms with Crippen LogP contribution in [0.2, 0.25) is 0 Å². The zero-order valence-electron chi connectivity index (χ0n) is 8.71. The van der Waals surface area contributed by atoms with Crippen molar-refractivity contribution in [2.45, 2.75) is 20.5 Å². The van der Waals surface area contributed by atoms with Gasteiger partial charge in [-0.3, -0.25) is 5.32 Å². The lowest BCUT2D eigenvalue weighted by Crippen LogP contribution is -2.11. The molecule has 0 radical (unpaired) electrons. The maximum Gasteiger partial charge on any atom is 0.0967 e. The molecule has 74 valence electrons. The minimum absolute atomic E-state index is 0.606. The van der Waals surface area contributed by atoms with Crippen molar-refractivity contribution in [2.75, 3.05) is 13.8 Å². The molecule has 1 aromatic rings. The maximum atomic E-state index is 5.26. The van der Waals surface area contributed by atoms with E-state index in [0.29, 0.717) is 13.3 Å². The van der Waals surface area contributed by atoms with E-state index in [1.54, 1.807) is 0 Å². The summed E-state index contributed by atoms with van der Waals surface area (Å²) >= 11 is 0. The molecule has 0 atom stereocenters. The van der Waals surface area contributed by atoms with E-state index >= 15 is 0 Å². The van der Waals surface area contributed by atoms with Crippen LogP contribution in [0, 0.1) is 0 Å². The van der Waals surface area contributed by atoms with Gasteiger partial charge < -0.3 is 4.74 Å². The van der Waals surface area contributed by atoms with Crippen LogP contribution in [-0.2, 0) is 11.3 Å². The highest BCUT2D eigenvalue weighted by atomic mass is 16.5. The first-order chi connectivity index (χ1) is 6.43. The van der Waals surface area contributed by atoms with E-state index in [1.165, 1.54) is 5.56 Å². The van der Waals surface area contributed by atoms with E-state index in [9.17, 15) is 0 Å². The first-order valence-electron chi connectivity index (χ1n) is 4.70. The Morgan fingerprint density at radius 1 is 1.15 bits per heavy atom. The Morgan fingerprint density at radius 3 is 2.31 bits per heavy atom. The molecule has 2 heteroatoms. The normalized spacial score (nSPS) is 8.85. The molecule has 0 aliphatic heterocycles. The van der Waals surface area contributed by atoms with Gasteiger partial charge in [0.15, 0.2) is 0 Å². The van der Waals surface area contributed by atoms with E-state index < -0.39 is 0 Å². The summed E-state index contributed by atoms with van der Waals surface area (Å²) in [5, 5.41) is 2.92. The summed E-state index contributed by atoms with van der Waals surface area (Å²) < 4.78 is 5.26. The summed E-state index contributed by atoms with van der Waals surface area (Å²) in [7, 11) is 1.87. The van der Waals surface area contributed by atoms with Gasteiger partial charge in [-0.25, -0.2) is 0 Å². The third kappa shape index (κ3) is 6.31. The van der Waals surface area contributed by atoms with Crippen molar-refractivity contribution >= 4 is 0 Å². The van der Waals surface area contributed by atoms with Gasteiger partial charge in [0.25, 0.3) is 0 Å². The lowest BCUT2D eigenvalue weighted by molar-refractivity contribution is 0.109. The predicted molar refractivity (Wildman–Crippen MR) is 56.5 cm³/mol. The molecule has 0 saturated carbocycles.